The third kappa shape index (κ3) is 14.9. The number of carbonyl (C=O) groups is 5. The van der Waals surface area contributed by atoms with Crippen molar-refractivity contribution < 1.29 is 29.1 Å². The zero-order chi connectivity index (χ0) is 23.8. The molecule has 0 bridgehead atoms. The van der Waals surface area contributed by atoms with Gasteiger partial charge in [0.1, 0.15) is 12.1 Å². The smallest absolute Gasteiger partial charge is 0.305 e. The Morgan fingerprint density at radius 1 is 0.774 bits per heavy atom. The molecule has 0 radical (unpaired) electrons. The summed E-state index contributed by atoms with van der Waals surface area (Å²) >= 11 is 0. The molecule has 10 heteroatoms. The Hall–Kier alpha value is -2.65. The van der Waals surface area contributed by atoms with Crippen LogP contribution in [0.3, 0.4) is 0 Å². The predicted octanol–water partition coefficient (Wildman–Crippen LogP) is 0.971. The largest absolute Gasteiger partial charge is 0.481 e. The van der Waals surface area contributed by atoms with E-state index in [1.165, 1.54) is 12.8 Å². The van der Waals surface area contributed by atoms with Crippen molar-refractivity contribution in [2.24, 2.45) is 5.73 Å². The van der Waals surface area contributed by atoms with Crippen molar-refractivity contribution in [2.75, 3.05) is 0 Å². The third-order valence-corrected chi connectivity index (χ3v) is 4.51. The van der Waals surface area contributed by atoms with Gasteiger partial charge in [-0.2, -0.15) is 0 Å². The summed E-state index contributed by atoms with van der Waals surface area (Å²) < 4.78 is 0. The van der Waals surface area contributed by atoms with Gasteiger partial charge in [-0.25, -0.2) is 0 Å². The number of hydrogen-bond donors (Lipinski definition) is 5. The molecule has 2 atom stereocenters. The molecule has 0 saturated heterocycles. The fourth-order valence-electron chi connectivity index (χ4n) is 2.96. The lowest BCUT2D eigenvalue weighted by Gasteiger charge is -2.22. The molecule has 0 aliphatic carbocycles. The number of rotatable bonds is 17. The first-order valence-corrected chi connectivity index (χ1v) is 11.0. The van der Waals surface area contributed by atoms with Crippen molar-refractivity contribution in [3.8, 4) is 0 Å². The Labute approximate surface area is 184 Å². The van der Waals surface area contributed by atoms with E-state index in [0.717, 1.165) is 25.7 Å². The number of nitrogens with two attached hydrogens (primary N) is 1. The fourth-order valence-corrected chi connectivity index (χ4v) is 2.96. The average Bonchev–Trinajstić information content (AvgIpc) is 2.64. The summed E-state index contributed by atoms with van der Waals surface area (Å²) in [6.45, 7) is 5.53. The maximum absolute atomic E-state index is 12.6. The number of carboxylic acids is 1. The molecule has 0 aromatic carbocycles. The van der Waals surface area contributed by atoms with Crippen LogP contribution in [0, 0.1) is 0 Å². The van der Waals surface area contributed by atoms with Crippen LogP contribution >= 0.6 is 0 Å². The van der Waals surface area contributed by atoms with Gasteiger partial charge in [0.15, 0.2) is 0 Å². The topological polar surface area (TPSA) is 168 Å². The lowest BCUT2D eigenvalue weighted by atomic mass is 10.1. The maximum atomic E-state index is 12.6. The van der Waals surface area contributed by atoms with E-state index in [0.29, 0.717) is 6.42 Å². The molecule has 0 fully saturated rings. The molecule has 178 valence electrons. The molecule has 0 heterocycles. The number of hydrogen-bond acceptors (Lipinski definition) is 5. The normalized spacial score (nSPS) is 12.6. The van der Waals surface area contributed by atoms with Gasteiger partial charge in [-0.3, -0.25) is 24.0 Å². The molecular formula is C21H38N4O6. The van der Waals surface area contributed by atoms with Gasteiger partial charge in [-0.1, -0.05) is 45.4 Å². The Morgan fingerprint density at radius 2 is 1.29 bits per heavy atom. The fraction of sp³-hybridized carbons (Fsp3) is 0.762. The van der Waals surface area contributed by atoms with E-state index in [9.17, 15) is 24.0 Å². The highest BCUT2D eigenvalue weighted by Gasteiger charge is 2.29. The van der Waals surface area contributed by atoms with E-state index in [1.807, 2.05) is 0 Å². The number of nitrogens with one attached hydrogen (secondary N) is 3. The molecule has 0 aromatic heterocycles. The maximum Gasteiger partial charge on any atom is 0.305 e. The van der Waals surface area contributed by atoms with Crippen LogP contribution in [0.5, 0.6) is 0 Å². The summed E-state index contributed by atoms with van der Waals surface area (Å²) in [7, 11) is 0. The minimum Gasteiger partial charge on any atom is -0.481 e. The average molecular weight is 443 g/mol. The summed E-state index contributed by atoms with van der Waals surface area (Å²) in [6.07, 6.45) is 6.32. The van der Waals surface area contributed by atoms with E-state index < -0.39 is 54.5 Å². The summed E-state index contributed by atoms with van der Waals surface area (Å²) in [4.78, 5) is 59.4. The Balaban J connectivity index is 4.81. The van der Waals surface area contributed by atoms with Gasteiger partial charge in [-0.15, -0.1) is 0 Å². The minimum atomic E-state index is -1.34. The van der Waals surface area contributed by atoms with Gasteiger partial charge in [-0.05, 0) is 20.3 Å². The van der Waals surface area contributed by atoms with Gasteiger partial charge in [0.2, 0.25) is 23.6 Å². The summed E-state index contributed by atoms with van der Waals surface area (Å²) in [6, 6.07) is -2.88. The molecule has 4 amide bonds. The molecule has 31 heavy (non-hydrogen) atoms. The highest BCUT2D eigenvalue weighted by molar-refractivity contribution is 5.95. The van der Waals surface area contributed by atoms with Gasteiger partial charge in [0.05, 0.1) is 12.8 Å². The van der Waals surface area contributed by atoms with Crippen LogP contribution in [-0.2, 0) is 24.0 Å². The number of carbonyl (C=O) groups excluding carboxylic acids is 4. The van der Waals surface area contributed by atoms with E-state index in [-0.39, 0.29) is 12.5 Å². The van der Waals surface area contributed by atoms with Crippen LogP contribution < -0.4 is 21.7 Å². The van der Waals surface area contributed by atoms with Gasteiger partial charge < -0.3 is 26.8 Å². The molecule has 0 aliphatic rings. The second-order valence-corrected chi connectivity index (χ2v) is 7.98. The van der Waals surface area contributed by atoms with Crippen molar-refractivity contribution in [2.45, 2.75) is 103 Å². The second kappa shape index (κ2) is 16.1. The van der Waals surface area contributed by atoms with Gasteiger partial charge in [0, 0.05) is 12.5 Å². The van der Waals surface area contributed by atoms with Crippen LogP contribution in [0.15, 0.2) is 0 Å². The highest BCUT2D eigenvalue weighted by atomic mass is 16.4. The first kappa shape index (κ1) is 28.4. The number of unbranched alkanes of at least 4 members (excludes halogenated alkanes) is 6. The Kier molecular flexibility index (Phi) is 14.7. The molecule has 0 aliphatic heterocycles. The van der Waals surface area contributed by atoms with E-state index in [1.54, 1.807) is 13.8 Å². The zero-order valence-electron chi connectivity index (χ0n) is 18.9. The first-order chi connectivity index (χ1) is 14.6. The van der Waals surface area contributed by atoms with E-state index >= 15 is 0 Å². The molecular weight excluding hydrogens is 404 g/mol. The third-order valence-electron chi connectivity index (χ3n) is 4.51. The minimum absolute atomic E-state index is 0.197. The molecule has 10 nitrogen and oxygen atoms in total. The van der Waals surface area contributed by atoms with Crippen molar-refractivity contribution >= 4 is 29.6 Å². The monoisotopic (exact) mass is 442 g/mol. The van der Waals surface area contributed by atoms with E-state index in [4.69, 9.17) is 10.8 Å². The van der Waals surface area contributed by atoms with Gasteiger partial charge >= 0.3 is 5.97 Å². The van der Waals surface area contributed by atoms with Crippen LogP contribution in [0.25, 0.3) is 0 Å². The number of amides is 4. The molecule has 0 aromatic rings. The molecule has 0 spiro atoms. The number of primary amides is 1. The lowest BCUT2D eigenvalue weighted by Crippen LogP contribution is -2.55. The van der Waals surface area contributed by atoms with Crippen molar-refractivity contribution in [1.29, 1.82) is 0 Å². The second-order valence-electron chi connectivity index (χ2n) is 7.98. The Bertz CT molecular complexity index is 609. The summed E-state index contributed by atoms with van der Waals surface area (Å²) in [5.74, 6) is -4.00. The van der Waals surface area contributed by atoms with Crippen molar-refractivity contribution in [3.63, 3.8) is 0 Å². The van der Waals surface area contributed by atoms with Crippen LogP contribution in [0.2, 0.25) is 0 Å². The van der Waals surface area contributed by atoms with Crippen LogP contribution in [0.1, 0.15) is 85.0 Å². The summed E-state index contributed by atoms with van der Waals surface area (Å²) in [5.41, 5.74) is 5.18. The van der Waals surface area contributed by atoms with Gasteiger partial charge in [0.25, 0.3) is 0 Å². The predicted molar refractivity (Wildman–Crippen MR) is 116 cm³/mol. The highest BCUT2D eigenvalue weighted by Crippen LogP contribution is 2.08. The molecule has 0 rings (SSSR count). The first-order valence-electron chi connectivity index (χ1n) is 11.0. The standard InChI is InChI=1S/C21H38N4O6/c1-4-5-6-7-8-9-10-11-18(27)24-15(12-17(22)26)21(31)25-16(13-19(28)29)20(30)23-14(2)3/h14-16H,4-13H2,1-3H3,(H2,22,26)(H,23,30)(H,24,27)(H,25,31)(H,28,29). The van der Waals surface area contributed by atoms with Crippen molar-refractivity contribution in [1.82, 2.24) is 16.0 Å². The quantitative estimate of drug-likeness (QED) is 0.210. The number of carboxylic acid groups (broad SMARTS) is 1. The summed E-state index contributed by atoms with van der Waals surface area (Å²) in [5, 5.41) is 16.3. The molecule has 2 unspecified atom stereocenters. The lowest BCUT2D eigenvalue weighted by molar-refractivity contribution is -0.141. The van der Waals surface area contributed by atoms with Crippen molar-refractivity contribution in [3.05, 3.63) is 0 Å². The van der Waals surface area contributed by atoms with E-state index in [2.05, 4.69) is 22.9 Å². The SMILES string of the molecule is CCCCCCCCCC(=O)NC(CC(N)=O)C(=O)NC(CC(=O)O)C(=O)NC(C)C. The van der Waals surface area contributed by atoms with Crippen LogP contribution in [0.4, 0.5) is 0 Å². The molecule has 0 saturated carbocycles. The molecule has 6 N–H and O–H groups in total. The number of aliphatic carboxylic acids is 1. The van der Waals surface area contributed by atoms with Crippen LogP contribution in [-0.4, -0.2) is 52.8 Å². The Morgan fingerprint density at radius 3 is 1.81 bits per heavy atom. The zero-order valence-corrected chi connectivity index (χ0v) is 18.9.